The number of rotatable bonds is 4. The van der Waals surface area contributed by atoms with Crippen LogP contribution in [0, 0.1) is 5.41 Å². The first-order valence-electron chi connectivity index (χ1n) is 8.51. The van der Waals surface area contributed by atoms with Gasteiger partial charge in [0.25, 0.3) is 0 Å². The van der Waals surface area contributed by atoms with Crippen LogP contribution in [-0.2, 0) is 4.74 Å². The van der Waals surface area contributed by atoms with E-state index in [0.717, 1.165) is 19.3 Å². The Morgan fingerprint density at radius 2 is 1.81 bits per heavy atom. The Kier molecular flexibility index (Phi) is 4.78. The van der Waals surface area contributed by atoms with Crippen LogP contribution in [0.1, 0.15) is 40.0 Å². The number of halogens is 2. The molecule has 0 unspecified atom stereocenters. The summed E-state index contributed by atoms with van der Waals surface area (Å²) >= 11 is 11.8. The van der Waals surface area contributed by atoms with Crippen LogP contribution in [0.5, 0.6) is 0 Å². The summed E-state index contributed by atoms with van der Waals surface area (Å²) in [7, 11) is 0. The highest BCUT2D eigenvalue weighted by molar-refractivity contribution is 6.42. The smallest absolute Gasteiger partial charge is 0.408 e. The number of benzene rings is 1. The summed E-state index contributed by atoms with van der Waals surface area (Å²) in [4.78, 5) is 23.9. The molecule has 2 bridgehead atoms. The number of urea groups is 1. The van der Waals surface area contributed by atoms with Crippen molar-refractivity contribution >= 4 is 41.0 Å². The van der Waals surface area contributed by atoms with Crippen LogP contribution in [0.2, 0.25) is 10.0 Å². The summed E-state index contributed by atoms with van der Waals surface area (Å²) in [6.45, 7) is 6.09. The van der Waals surface area contributed by atoms with E-state index in [1.54, 1.807) is 18.2 Å². The Morgan fingerprint density at radius 3 is 2.38 bits per heavy atom. The second kappa shape index (κ2) is 6.50. The molecule has 0 atom stereocenters. The third-order valence-corrected chi connectivity index (χ3v) is 5.45. The molecule has 3 aliphatic carbocycles. The number of hydrogen-bond acceptors (Lipinski definition) is 3. The summed E-state index contributed by atoms with van der Waals surface area (Å²) in [5.41, 5.74) is -0.0125. The number of hydrogen-bond donors (Lipinski definition) is 3. The third kappa shape index (κ3) is 4.18. The molecule has 0 saturated heterocycles. The van der Waals surface area contributed by atoms with Crippen molar-refractivity contribution in [3.05, 3.63) is 28.2 Å². The van der Waals surface area contributed by atoms with E-state index in [2.05, 4.69) is 16.0 Å². The fourth-order valence-electron chi connectivity index (χ4n) is 3.86. The molecule has 3 N–H and O–H groups in total. The van der Waals surface area contributed by atoms with Gasteiger partial charge >= 0.3 is 12.1 Å². The highest BCUT2D eigenvalue weighted by Crippen LogP contribution is 2.66. The molecule has 1 aromatic rings. The lowest BCUT2D eigenvalue weighted by Gasteiger charge is -2.70. The molecule has 3 amide bonds. The normalized spacial score (nSPS) is 26.2. The summed E-state index contributed by atoms with van der Waals surface area (Å²) in [6, 6.07) is 4.63. The van der Waals surface area contributed by atoms with E-state index in [1.165, 1.54) is 0 Å². The molecular weight excluding hydrogens is 377 g/mol. The number of anilines is 1. The largest absolute Gasteiger partial charge is 0.444 e. The van der Waals surface area contributed by atoms with Gasteiger partial charge in [-0.3, -0.25) is 0 Å². The molecule has 3 fully saturated rings. The molecule has 0 heterocycles. The number of amides is 3. The van der Waals surface area contributed by atoms with Crippen molar-refractivity contribution in [3.8, 4) is 0 Å². The maximum Gasteiger partial charge on any atom is 0.408 e. The molecule has 0 aromatic heterocycles. The van der Waals surface area contributed by atoms with Crippen LogP contribution in [0.25, 0.3) is 0 Å². The summed E-state index contributed by atoms with van der Waals surface area (Å²) < 4.78 is 5.30. The van der Waals surface area contributed by atoms with E-state index in [0.29, 0.717) is 22.3 Å². The fraction of sp³-hybridized carbons (Fsp3) is 0.556. The molecule has 4 rings (SSSR count). The lowest BCUT2D eigenvalue weighted by molar-refractivity contribution is -0.146. The lowest BCUT2D eigenvalue weighted by atomic mass is 9.39. The van der Waals surface area contributed by atoms with Gasteiger partial charge in [-0.1, -0.05) is 23.2 Å². The van der Waals surface area contributed by atoms with Gasteiger partial charge in [-0.15, -0.1) is 0 Å². The van der Waals surface area contributed by atoms with Gasteiger partial charge in [-0.2, -0.15) is 0 Å². The van der Waals surface area contributed by atoms with Gasteiger partial charge in [0, 0.05) is 17.8 Å². The molecule has 0 spiro atoms. The first-order valence-corrected chi connectivity index (χ1v) is 9.27. The molecule has 3 saturated carbocycles. The van der Waals surface area contributed by atoms with Gasteiger partial charge < -0.3 is 20.7 Å². The number of carbonyl (C=O) groups is 2. The monoisotopic (exact) mass is 399 g/mol. The van der Waals surface area contributed by atoms with Crippen LogP contribution < -0.4 is 16.0 Å². The summed E-state index contributed by atoms with van der Waals surface area (Å²) in [6.07, 6.45) is 2.18. The SMILES string of the molecule is CC(C)(C)OC(=O)NC12CC(CNC(=O)Nc3ccc(Cl)c(Cl)c3)(C1)C2. The van der Waals surface area contributed by atoms with Crippen molar-refractivity contribution in [2.75, 3.05) is 11.9 Å². The van der Waals surface area contributed by atoms with E-state index in [1.807, 2.05) is 20.8 Å². The minimum Gasteiger partial charge on any atom is -0.444 e. The maximum atomic E-state index is 12.0. The van der Waals surface area contributed by atoms with Crippen LogP contribution in [0.3, 0.4) is 0 Å². The third-order valence-electron chi connectivity index (χ3n) is 4.71. The summed E-state index contributed by atoms with van der Waals surface area (Å²) in [5, 5.41) is 9.41. The Hall–Kier alpha value is -1.66. The molecule has 3 aliphatic rings. The van der Waals surface area contributed by atoms with Crippen molar-refractivity contribution in [1.29, 1.82) is 0 Å². The molecular formula is C18H23Cl2N3O3. The quantitative estimate of drug-likeness (QED) is 0.693. The highest BCUT2D eigenvalue weighted by atomic mass is 35.5. The van der Waals surface area contributed by atoms with E-state index >= 15 is 0 Å². The van der Waals surface area contributed by atoms with Crippen LogP contribution in [-0.4, -0.2) is 29.8 Å². The van der Waals surface area contributed by atoms with Crippen molar-refractivity contribution in [2.24, 2.45) is 5.41 Å². The molecule has 142 valence electrons. The predicted octanol–water partition coefficient (Wildman–Crippen LogP) is 4.56. The Morgan fingerprint density at radius 1 is 1.15 bits per heavy atom. The zero-order valence-electron chi connectivity index (χ0n) is 15.0. The van der Waals surface area contributed by atoms with Gasteiger partial charge in [-0.25, -0.2) is 9.59 Å². The van der Waals surface area contributed by atoms with Gasteiger partial charge in [0.15, 0.2) is 0 Å². The maximum absolute atomic E-state index is 12.0. The Bertz CT molecular complexity index is 726. The predicted molar refractivity (Wildman–Crippen MR) is 102 cm³/mol. The number of alkyl carbamates (subject to hydrolysis) is 1. The minimum atomic E-state index is -0.504. The van der Waals surface area contributed by atoms with E-state index < -0.39 is 5.60 Å². The van der Waals surface area contributed by atoms with E-state index in [4.69, 9.17) is 27.9 Å². The zero-order chi connectivity index (χ0) is 19.2. The van der Waals surface area contributed by atoms with Gasteiger partial charge in [0.2, 0.25) is 0 Å². The van der Waals surface area contributed by atoms with Gasteiger partial charge in [0.1, 0.15) is 5.60 Å². The highest BCUT2D eigenvalue weighted by Gasteiger charge is 2.68. The average molecular weight is 400 g/mol. The van der Waals surface area contributed by atoms with Crippen LogP contribution in [0.4, 0.5) is 15.3 Å². The topological polar surface area (TPSA) is 79.5 Å². The van der Waals surface area contributed by atoms with Crippen LogP contribution >= 0.6 is 23.2 Å². The zero-order valence-corrected chi connectivity index (χ0v) is 16.6. The van der Waals surface area contributed by atoms with Crippen molar-refractivity contribution in [1.82, 2.24) is 10.6 Å². The van der Waals surface area contributed by atoms with Crippen molar-refractivity contribution < 1.29 is 14.3 Å². The average Bonchev–Trinajstić information content (AvgIpc) is 2.42. The number of ether oxygens (including phenoxy) is 1. The van der Waals surface area contributed by atoms with Gasteiger partial charge in [-0.05, 0) is 63.6 Å². The number of carbonyl (C=O) groups excluding carboxylic acids is 2. The molecule has 0 aliphatic heterocycles. The van der Waals surface area contributed by atoms with E-state index in [9.17, 15) is 9.59 Å². The van der Waals surface area contributed by atoms with Crippen molar-refractivity contribution in [2.45, 2.75) is 51.2 Å². The molecule has 1 aromatic carbocycles. The van der Waals surface area contributed by atoms with Gasteiger partial charge in [0.05, 0.1) is 10.0 Å². The van der Waals surface area contributed by atoms with E-state index in [-0.39, 0.29) is 23.1 Å². The standard InChI is InChI=1S/C18H23Cl2N3O3/c1-16(2,3)26-15(25)23-18-7-17(8-18,9-18)10-21-14(24)22-11-4-5-12(19)13(20)6-11/h4-6H,7-10H2,1-3H3,(H,23,25)(H2,21,22,24). The Balaban J connectivity index is 1.40. The summed E-state index contributed by atoms with van der Waals surface area (Å²) in [5.74, 6) is 0. The first kappa shape index (κ1) is 19.1. The molecule has 0 radical (unpaired) electrons. The second-order valence-electron chi connectivity index (χ2n) is 8.37. The first-order chi connectivity index (χ1) is 12.0. The minimum absolute atomic E-state index is 0.0734. The molecule has 8 heteroatoms. The Labute approximate surface area is 162 Å². The van der Waals surface area contributed by atoms with Crippen LogP contribution in [0.15, 0.2) is 18.2 Å². The number of nitrogens with one attached hydrogen (secondary N) is 3. The van der Waals surface area contributed by atoms with Crippen molar-refractivity contribution in [3.63, 3.8) is 0 Å². The molecule has 26 heavy (non-hydrogen) atoms. The molecule has 6 nitrogen and oxygen atoms in total. The fourth-order valence-corrected chi connectivity index (χ4v) is 4.15. The lowest BCUT2D eigenvalue weighted by Crippen LogP contribution is -2.77. The second-order valence-corrected chi connectivity index (χ2v) is 9.19.